The van der Waals surface area contributed by atoms with Crippen LogP contribution >= 0.6 is 0 Å². The van der Waals surface area contributed by atoms with Gasteiger partial charge in [-0.3, -0.25) is 4.79 Å². The van der Waals surface area contributed by atoms with E-state index in [0.29, 0.717) is 6.61 Å². The van der Waals surface area contributed by atoms with E-state index < -0.39 is 0 Å². The normalized spacial score (nSPS) is 24.2. The minimum Gasteiger partial charge on any atom is -0.461 e. The fourth-order valence-corrected chi connectivity index (χ4v) is 2.09. The van der Waals surface area contributed by atoms with Crippen molar-refractivity contribution in [1.29, 1.82) is 0 Å². The second kappa shape index (κ2) is 6.01. The minimum atomic E-state index is -0.0853. The SMILES string of the molecule is CCC(C[C@@H]1OC(=O)[C@H]1C)OCc1ccccc1. The molecule has 1 heterocycles. The number of cyclic esters (lactones) is 1. The summed E-state index contributed by atoms with van der Waals surface area (Å²) in [5.74, 6) is -0.0581. The van der Waals surface area contributed by atoms with Gasteiger partial charge in [0.15, 0.2) is 0 Å². The standard InChI is InChI=1S/C15H20O3/c1-3-13(9-14-11(2)15(16)18-14)17-10-12-7-5-4-6-8-12/h4-8,11,13-14H,3,9-10H2,1-2H3/t11-,13?,14-/m0/s1. The highest BCUT2D eigenvalue weighted by atomic mass is 16.6. The maximum Gasteiger partial charge on any atom is 0.312 e. The molecule has 1 aromatic rings. The van der Waals surface area contributed by atoms with Crippen LogP contribution in [0.2, 0.25) is 0 Å². The summed E-state index contributed by atoms with van der Waals surface area (Å²) in [5, 5.41) is 0. The molecule has 1 unspecified atom stereocenters. The highest BCUT2D eigenvalue weighted by molar-refractivity contribution is 5.77. The van der Waals surface area contributed by atoms with Gasteiger partial charge in [-0.15, -0.1) is 0 Å². The summed E-state index contributed by atoms with van der Waals surface area (Å²) < 4.78 is 11.0. The van der Waals surface area contributed by atoms with Gasteiger partial charge in [-0.1, -0.05) is 37.3 Å². The summed E-state index contributed by atoms with van der Waals surface area (Å²) in [6, 6.07) is 10.1. The van der Waals surface area contributed by atoms with Crippen LogP contribution in [0.5, 0.6) is 0 Å². The van der Waals surface area contributed by atoms with E-state index in [2.05, 4.69) is 19.1 Å². The van der Waals surface area contributed by atoms with Crippen LogP contribution in [0.15, 0.2) is 30.3 Å². The lowest BCUT2D eigenvalue weighted by atomic mass is 9.93. The van der Waals surface area contributed by atoms with Crippen molar-refractivity contribution in [3.05, 3.63) is 35.9 Å². The first-order valence-corrected chi connectivity index (χ1v) is 6.56. The van der Waals surface area contributed by atoms with Crippen molar-refractivity contribution < 1.29 is 14.3 Å². The lowest BCUT2D eigenvalue weighted by molar-refractivity contribution is -0.186. The monoisotopic (exact) mass is 248 g/mol. The molecule has 0 radical (unpaired) electrons. The third-order valence-electron chi connectivity index (χ3n) is 3.48. The lowest BCUT2D eigenvalue weighted by Gasteiger charge is -2.34. The Labute approximate surface area is 108 Å². The van der Waals surface area contributed by atoms with Crippen LogP contribution in [0.1, 0.15) is 32.3 Å². The molecular formula is C15H20O3. The molecule has 3 nitrogen and oxygen atoms in total. The van der Waals surface area contributed by atoms with Crippen LogP contribution in [-0.2, 0) is 20.9 Å². The van der Waals surface area contributed by atoms with Gasteiger partial charge in [-0.05, 0) is 18.9 Å². The van der Waals surface area contributed by atoms with E-state index in [1.54, 1.807) is 0 Å². The molecule has 0 bridgehead atoms. The topological polar surface area (TPSA) is 35.5 Å². The first kappa shape index (κ1) is 13.1. The Morgan fingerprint density at radius 2 is 2.06 bits per heavy atom. The fraction of sp³-hybridized carbons (Fsp3) is 0.533. The molecule has 0 N–H and O–H groups in total. The molecule has 98 valence electrons. The summed E-state index contributed by atoms with van der Waals surface area (Å²) >= 11 is 0. The van der Waals surface area contributed by atoms with Gasteiger partial charge in [0.05, 0.1) is 18.6 Å². The molecule has 18 heavy (non-hydrogen) atoms. The Morgan fingerprint density at radius 1 is 1.33 bits per heavy atom. The molecular weight excluding hydrogens is 228 g/mol. The van der Waals surface area contributed by atoms with Crippen LogP contribution in [-0.4, -0.2) is 18.2 Å². The molecule has 1 aliphatic rings. The van der Waals surface area contributed by atoms with E-state index in [0.717, 1.165) is 12.8 Å². The lowest BCUT2D eigenvalue weighted by Crippen LogP contribution is -2.45. The summed E-state index contributed by atoms with van der Waals surface area (Å²) in [4.78, 5) is 11.0. The smallest absolute Gasteiger partial charge is 0.312 e. The average molecular weight is 248 g/mol. The number of esters is 1. The molecule has 0 aliphatic carbocycles. The molecule has 1 fully saturated rings. The highest BCUT2D eigenvalue weighted by Gasteiger charge is 2.39. The summed E-state index contributed by atoms with van der Waals surface area (Å²) in [6.07, 6.45) is 1.94. The maximum absolute atomic E-state index is 11.0. The molecule has 0 amide bonds. The van der Waals surface area contributed by atoms with Gasteiger partial charge in [0.1, 0.15) is 6.10 Å². The van der Waals surface area contributed by atoms with Crippen molar-refractivity contribution >= 4 is 5.97 Å². The number of hydrogen-bond acceptors (Lipinski definition) is 3. The first-order chi connectivity index (χ1) is 8.70. The van der Waals surface area contributed by atoms with Crippen LogP contribution in [0, 0.1) is 5.92 Å². The van der Waals surface area contributed by atoms with Crippen molar-refractivity contribution in [2.75, 3.05) is 0 Å². The van der Waals surface area contributed by atoms with E-state index in [4.69, 9.17) is 9.47 Å². The second-order valence-electron chi connectivity index (χ2n) is 4.83. The number of rotatable bonds is 6. The van der Waals surface area contributed by atoms with Gasteiger partial charge in [-0.25, -0.2) is 0 Å². The number of benzene rings is 1. The molecule has 3 heteroatoms. The van der Waals surface area contributed by atoms with Crippen molar-refractivity contribution in [2.24, 2.45) is 5.92 Å². The molecule has 2 rings (SSSR count). The van der Waals surface area contributed by atoms with Gasteiger partial charge in [0.2, 0.25) is 0 Å². The van der Waals surface area contributed by atoms with Gasteiger partial charge >= 0.3 is 5.97 Å². The summed E-state index contributed by atoms with van der Waals surface area (Å²) in [5.41, 5.74) is 1.18. The molecule has 1 aliphatic heterocycles. The van der Waals surface area contributed by atoms with Crippen LogP contribution in [0.25, 0.3) is 0 Å². The van der Waals surface area contributed by atoms with Crippen molar-refractivity contribution in [3.63, 3.8) is 0 Å². The number of ether oxygens (including phenoxy) is 2. The maximum atomic E-state index is 11.0. The quantitative estimate of drug-likeness (QED) is 0.726. The van der Waals surface area contributed by atoms with E-state index in [1.165, 1.54) is 5.56 Å². The van der Waals surface area contributed by atoms with E-state index in [-0.39, 0.29) is 24.1 Å². The molecule has 0 spiro atoms. The molecule has 0 saturated carbocycles. The summed E-state index contributed by atoms with van der Waals surface area (Å²) in [7, 11) is 0. The third kappa shape index (κ3) is 3.10. The molecule has 1 aromatic carbocycles. The zero-order valence-electron chi connectivity index (χ0n) is 11.0. The third-order valence-corrected chi connectivity index (χ3v) is 3.48. The molecule has 3 atom stereocenters. The van der Waals surface area contributed by atoms with Gasteiger partial charge in [0, 0.05) is 6.42 Å². The number of hydrogen-bond donors (Lipinski definition) is 0. The Morgan fingerprint density at radius 3 is 2.61 bits per heavy atom. The summed E-state index contributed by atoms with van der Waals surface area (Å²) in [6.45, 7) is 4.63. The number of carbonyl (C=O) groups is 1. The first-order valence-electron chi connectivity index (χ1n) is 6.56. The predicted octanol–water partition coefficient (Wildman–Crippen LogP) is 2.93. The van der Waals surface area contributed by atoms with Crippen molar-refractivity contribution in [3.8, 4) is 0 Å². The Bertz CT molecular complexity index is 388. The van der Waals surface area contributed by atoms with Crippen LogP contribution < -0.4 is 0 Å². The van der Waals surface area contributed by atoms with Gasteiger partial charge in [-0.2, -0.15) is 0 Å². The van der Waals surface area contributed by atoms with Crippen LogP contribution in [0.3, 0.4) is 0 Å². The van der Waals surface area contributed by atoms with E-state index >= 15 is 0 Å². The van der Waals surface area contributed by atoms with Gasteiger partial charge in [0.25, 0.3) is 0 Å². The van der Waals surface area contributed by atoms with E-state index in [1.807, 2.05) is 25.1 Å². The number of carbonyl (C=O) groups excluding carboxylic acids is 1. The second-order valence-corrected chi connectivity index (χ2v) is 4.83. The zero-order valence-corrected chi connectivity index (χ0v) is 11.0. The minimum absolute atomic E-state index is 0.0272. The van der Waals surface area contributed by atoms with Crippen molar-refractivity contribution in [1.82, 2.24) is 0 Å². The fourth-order valence-electron chi connectivity index (χ4n) is 2.09. The van der Waals surface area contributed by atoms with Crippen LogP contribution in [0.4, 0.5) is 0 Å². The predicted molar refractivity (Wildman–Crippen MR) is 69.0 cm³/mol. The Hall–Kier alpha value is -1.35. The Balaban J connectivity index is 1.78. The average Bonchev–Trinajstić information content (AvgIpc) is 2.43. The van der Waals surface area contributed by atoms with Crippen molar-refractivity contribution in [2.45, 2.75) is 45.5 Å². The van der Waals surface area contributed by atoms with Gasteiger partial charge < -0.3 is 9.47 Å². The largest absolute Gasteiger partial charge is 0.461 e. The molecule has 1 saturated heterocycles. The zero-order chi connectivity index (χ0) is 13.0. The van der Waals surface area contributed by atoms with E-state index in [9.17, 15) is 4.79 Å². The molecule has 0 aromatic heterocycles. The highest BCUT2D eigenvalue weighted by Crippen LogP contribution is 2.27. The Kier molecular flexibility index (Phi) is 4.37.